The molecule has 0 N–H and O–H groups in total. The number of anilines is 1. The number of carbonyl (C=O) groups is 1. The van der Waals surface area contributed by atoms with E-state index in [-0.39, 0.29) is 17.4 Å². The zero-order valence-corrected chi connectivity index (χ0v) is 11.7. The zero-order valence-electron chi connectivity index (χ0n) is 11.7. The van der Waals surface area contributed by atoms with Crippen LogP contribution in [-0.4, -0.2) is 30.7 Å². The largest absolute Gasteiger partial charge is 0.468 e. The van der Waals surface area contributed by atoms with Crippen LogP contribution < -0.4 is 9.64 Å². The molecule has 1 aromatic carbocycles. The second-order valence-corrected chi connectivity index (χ2v) is 4.49. The van der Waals surface area contributed by atoms with Gasteiger partial charge in [0.25, 0.3) is 5.91 Å². The van der Waals surface area contributed by atoms with Crippen molar-refractivity contribution in [1.82, 2.24) is 4.98 Å². The number of benzene rings is 1. The smallest absolute Gasteiger partial charge is 0.422 e. The van der Waals surface area contributed by atoms with E-state index < -0.39 is 12.8 Å². The lowest BCUT2D eigenvalue weighted by atomic mass is 10.2. The number of ether oxygens (including phenoxy) is 1. The van der Waals surface area contributed by atoms with E-state index in [0.29, 0.717) is 5.69 Å². The fraction of sp³-hybridized carbons (Fsp3) is 0.200. The SMILES string of the molecule is CN(C(=O)c1ccc(OCC(F)(F)F)nc1)c1ccccc1. The van der Waals surface area contributed by atoms with E-state index in [2.05, 4.69) is 9.72 Å². The van der Waals surface area contributed by atoms with Crippen molar-refractivity contribution >= 4 is 11.6 Å². The van der Waals surface area contributed by atoms with Crippen molar-refractivity contribution in [3.05, 3.63) is 54.2 Å². The number of hydrogen-bond acceptors (Lipinski definition) is 3. The number of alkyl halides is 3. The fourth-order valence-electron chi connectivity index (χ4n) is 1.71. The summed E-state index contributed by atoms with van der Waals surface area (Å²) in [6, 6.07) is 11.6. The van der Waals surface area contributed by atoms with Gasteiger partial charge in [-0.2, -0.15) is 13.2 Å². The Bertz CT molecular complexity index is 627. The van der Waals surface area contributed by atoms with Gasteiger partial charge in [0, 0.05) is 25.0 Å². The number of pyridine rings is 1. The summed E-state index contributed by atoms with van der Waals surface area (Å²) in [4.78, 5) is 17.4. The second kappa shape index (κ2) is 6.46. The number of aromatic nitrogens is 1. The fourth-order valence-corrected chi connectivity index (χ4v) is 1.71. The standard InChI is InChI=1S/C15H13F3N2O2/c1-20(12-5-3-2-4-6-12)14(21)11-7-8-13(19-9-11)22-10-15(16,17)18/h2-9H,10H2,1H3. The van der Waals surface area contributed by atoms with Crippen LogP contribution in [0.25, 0.3) is 0 Å². The third kappa shape index (κ3) is 4.21. The van der Waals surface area contributed by atoms with Gasteiger partial charge in [0.05, 0.1) is 5.56 Å². The number of para-hydroxylation sites is 1. The zero-order chi connectivity index (χ0) is 16.2. The van der Waals surface area contributed by atoms with Gasteiger partial charge in [-0.3, -0.25) is 4.79 Å². The van der Waals surface area contributed by atoms with Gasteiger partial charge < -0.3 is 9.64 Å². The van der Waals surface area contributed by atoms with Crippen LogP contribution in [0.3, 0.4) is 0 Å². The lowest BCUT2D eigenvalue weighted by Crippen LogP contribution is -2.26. The van der Waals surface area contributed by atoms with Crippen molar-refractivity contribution in [1.29, 1.82) is 0 Å². The van der Waals surface area contributed by atoms with Gasteiger partial charge in [-0.15, -0.1) is 0 Å². The van der Waals surface area contributed by atoms with Gasteiger partial charge in [0.2, 0.25) is 5.88 Å². The van der Waals surface area contributed by atoms with Crippen LogP contribution in [0, 0.1) is 0 Å². The van der Waals surface area contributed by atoms with Crippen LogP contribution in [0.2, 0.25) is 0 Å². The van der Waals surface area contributed by atoms with Crippen molar-refractivity contribution in [3.8, 4) is 5.88 Å². The molecule has 1 aromatic heterocycles. The molecule has 7 heteroatoms. The monoisotopic (exact) mass is 310 g/mol. The summed E-state index contributed by atoms with van der Waals surface area (Å²) in [7, 11) is 1.60. The molecule has 2 rings (SSSR count). The molecule has 0 saturated heterocycles. The Kier molecular flexibility index (Phi) is 4.65. The van der Waals surface area contributed by atoms with Crippen LogP contribution in [-0.2, 0) is 0 Å². The maximum absolute atomic E-state index is 12.2. The minimum Gasteiger partial charge on any atom is -0.468 e. The molecule has 0 atom stereocenters. The molecule has 0 aliphatic carbocycles. The van der Waals surface area contributed by atoms with Crippen molar-refractivity contribution in [3.63, 3.8) is 0 Å². The van der Waals surface area contributed by atoms with E-state index in [4.69, 9.17) is 0 Å². The van der Waals surface area contributed by atoms with E-state index in [1.165, 1.54) is 23.2 Å². The molecule has 116 valence electrons. The molecule has 0 unspecified atom stereocenters. The summed E-state index contributed by atoms with van der Waals surface area (Å²) in [6.07, 6.45) is -3.24. The molecule has 0 aliphatic rings. The van der Waals surface area contributed by atoms with Gasteiger partial charge in [-0.25, -0.2) is 4.98 Å². The van der Waals surface area contributed by atoms with Crippen LogP contribution in [0.4, 0.5) is 18.9 Å². The first-order valence-corrected chi connectivity index (χ1v) is 6.35. The highest BCUT2D eigenvalue weighted by Crippen LogP contribution is 2.18. The van der Waals surface area contributed by atoms with Gasteiger partial charge in [0.15, 0.2) is 6.61 Å². The van der Waals surface area contributed by atoms with E-state index in [1.54, 1.807) is 31.3 Å². The highest BCUT2D eigenvalue weighted by Gasteiger charge is 2.28. The predicted molar refractivity (Wildman–Crippen MR) is 75.0 cm³/mol. The third-order valence-electron chi connectivity index (χ3n) is 2.82. The molecule has 0 saturated carbocycles. The number of carbonyl (C=O) groups excluding carboxylic acids is 1. The van der Waals surface area contributed by atoms with E-state index in [9.17, 15) is 18.0 Å². The van der Waals surface area contributed by atoms with Crippen molar-refractivity contribution in [2.24, 2.45) is 0 Å². The Labute approximate surface area is 125 Å². The van der Waals surface area contributed by atoms with Crippen LogP contribution in [0.5, 0.6) is 5.88 Å². The van der Waals surface area contributed by atoms with E-state index in [0.717, 1.165) is 0 Å². The second-order valence-electron chi connectivity index (χ2n) is 4.49. The first-order chi connectivity index (χ1) is 10.4. The minimum absolute atomic E-state index is 0.184. The molecule has 4 nitrogen and oxygen atoms in total. The molecule has 0 fully saturated rings. The Morgan fingerprint density at radius 3 is 2.41 bits per heavy atom. The third-order valence-corrected chi connectivity index (χ3v) is 2.82. The van der Waals surface area contributed by atoms with Crippen LogP contribution in [0.1, 0.15) is 10.4 Å². The van der Waals surface area contributed by atoms with Gasteiger partial charge in [0.1, 0.15) is 0 Å². The predicted octanol–water partition coefficient (Wildman–Crippen LogP) is 3.30. The molecule has 0 spiro atoms. The van der Waals surface area contributed by atoms with Crippen molar-refractivity contribution < 1.29 is 22.7 Å². The summed E-state index contributed by atoms with van der Waals surface area (Å²) >= 11 is 0. The maximum atomic E-state index is 12.2. The number of rotatable bonds is 4. The summed E-state index contributed by atoms with van der Waals surface area (Å²) in [5.74, 6) is -0.502. The van der Waals surface area contributed by atoms with Gasteiger partial charge >= 0.3 is 6.18 Å². The van der Waals surface area contributed by atoms with E-state index >= 15 is 0 Å². The number of hydrogen-bond donors (Lipinski definition) is 0. The minimum atomic E-state index is -4.43. The summed E-state index contributed by atoms with van der Waals surface area (Å²) in [5, 5.41) is 0. The lowest BCUT2D eigenvalue weighted by Gasteiger charge is -2.17. The van der Waals surface area contributed by atoms with Crippen LogP contribution in [0.15, 0.2) is 48.7 Å². The molecule has 0 radical (unpaired) electrons. The topological polar surface area (TPSA) is 42.4 Å². The Hall–Kier alpha value is -2.57. The van der Waals surface area contributed by atoms with Gasteiger partial charge in [-0.05, 0) is 18.2 Å². The summed E-state index contributed by atoms with van der Waals surface area (Å²) < 4.78 is 40.6. The molecule has 1 amide bonds. The highest BCUT2D eigenvalue weighted by molar-refractivity contribution is 6.05. The normalized spacial score (nSPS) is 11.1. The average molecular weight is 310 g/mol. The first kappa shape index (κ1) is 15.8. The lowest BCUT2D eigenvalue weighted by molar-refractivity contribution is -0.154. The first-order valence-electron chi connectivity index (χ1n) is 6.35. The Morgan fingerprint density at radius 1 is 1.18 bits per heavy atom. The van der Waals surface area contributed by atoms with E-state index in [1.807, 2.05) is 6.07 Å². The number of amides is 1. The highest BCUT2D eigenvalue weighted by atomic mass is 19.4. The number of halogens is 3. The molecule has 2 aromatic rings. The molecule has 1 heterocycles. The molecular weight excluding hydrogens is 297 g/mol. The Balaban J connectivity index is 2.05. The molecule has 0 aliphatic heterocycles. The average Bonchev–Trinajstić information content (AvgIpc) is 2.52. The van der Waals surface area contributed by atoms with Gasteiger partial charge in [-0.1, -0.05) is 18.2 Å². The summed E-state index contributed by atoms with van der Waals surface area (Å²) in [6.45, 7) is -1.42. The quantitative estimate of drug-likeness (QED) is 0.870. The summed E-state index contributed by atoms with van der Waals surface area (Å²) in [5.41, 5.74) is 0.954. The maximum Gasteiger partial charge on any atom is 0.422 e. The molecule has 0 bridgehead atoms. The molecular formula is C15H13F3N2O2. The Morgan fingerprint density at radius 2 is 1.86 bits per heavy atom. The van der Waals surface area contributed by atoms with Crippen molar-refractivity contribution in [2.75, 3.05) is 18.6 Å². The van der Waals surface area contributed by atoms with Crippen LogP contribution >= 0.6 is 0 Å². The van der Waals surface area contributed by atoms with Crippen molar-refractivity contribution in [2.45, 2.75) is 6.18 Å². The molecule has 22 heavy (non-hydrogen) atoms. The number of nitrogens with zero attached hydrogens (tertiary/aromatic N) is 2.